The third-order valence-corrected chi connectivity index (χ3v) is 5.68. The number of para-hydroxylation sites is 2. The maximum absolute atomic E-state index is 12.9. The SMILES string of the molecule is Cc1ccccc1-c1noc(CN2CCN(C(=O)C3COc4ccccc4O3)CC2)n1. The van der Waals surface area contributed by atoms with Crippen LogP contribution in [0, 0.1) is 6.92 Å². The maximum atomic E-state index is 12.9. The molecule has 0 aliphatic carbocycles. The number of benzene rings is 2. The third kappa shape index (κ3) is 4.11. The quantitative estimate of drug-likeness (QED) is 0.642. The summed E-state index contributed by atoms with van der Waals surface area (Å²) in [4.78, 5) is 21.5. The van der Waals surface area contributed by atoms with Crippen LogP contribution in [-0.2, 0) is 11.3 Å². The van der Waals surface area contributed by atoms with Crippen molar-refractivity contribution >= 4 is 5.91 Å². The van der Waals surface area contributed by atoms with Gasteiger partial charge in [0.25, 0.3) is 5.91 Å². The van der Waals surface area contributed by atoms with Gasteiger partial charge < -0.3 is 18.9 Å². The molecule has 1 saturated heterocycles. The molecular formula is C23H24N4O4. The fraction of sp³-hybridized carbons (Fsp3) is 0.348. The largest absolute Gasteiger partial charge is 0.485 e. The van der Waals surface area contributed by atoms with Crippen LogP contribution < -0.4 is 9.47 Å². The van der Waals surface area contributed by atoms with Crippen LogP contribution in [0.15, 0.2) is 53.1 Å². The molecular weight excluding hydrogens is 396 g/mol. The molecule has 0 spiro atoms. The van der Waals surface area contributed by atoms with Crippen LogP contribution >= 0.6 is 0 Å². The number of hydrogen-bond donors (Lipinski definition) is 0. The summed E-state index contributed by atoms with van der Waals surface area (Å²) in [5, 5.41) is 4.13. The van der Waals surface area contributed by atoms with Crippen molar-refractivity contribution in [2.24, 2.45) is 0 Å². The van der Waals surface area contributed by atoms with Crippen molar-refractivity contribution in [1.29, 1.82) is 0 Å². The second-order valence-electron chi connectivity index (χ2n) is 7.79. The maximum Gasteiger partial charge on any atom is 0.267 e. The fourth-order valence-corrected chi connectivity index (χ4v) is 3.91. The Hall–Kier alpha value is -3.39. The van der Waals surface area contributed by atoms with Crippen LogP contribution in [-0.4, -0.2) is 64.7 Å². The Labute approximate surface area is 180 Å². The molecule has 1 aromatic heterocycles. The molecule has 1 fully saturated rings. The second-order valence-corrected chi connectivity index (χ2v) is 7.79. The minimum absolute atomic E-state index is 0.0335. The molecule has 0 N–H and O–H groups in total. The molecule has 2 aliphatic heterocycles. The van der Waals surface area contributed by atoms with Crippen LogP contribution in [0.1, 0.15) is 11.5 Å². The highest BCUT2D eigenvalue weighted by Crippen LogP contribution is 2.31. The zero-order chi connectivity index (χ0) is 21.2. The summed E-state index contributed by atoms with van der Waals surface area (Å²) in [6, 6.07) is 15.4. The van der Waals surface area contributed by atoms with Crippen molar-refractivity contribution < 1.29 is 18.8 Å². The van der Waals surface area contributed by atoms with E-state index >= 15 is 0 Å². The topological polar surface area (TPSA) is 80.9 Å². The Bertz CT molecular complexity index is 1070. The normalized spacial score (nSPS) is 18.7. The predicted molar refractivity (Wildman–Crippen MR) is 113 cm³/mol. The monoisotopic (exact) mass is 420 g/mol. The van der Waals surface area contributed by atoms with Crippen LogP contribution in [0.2, 0.25) is 0 Å². The van der Waals surface area contributed by atoms with Gasteiger partial charge in [-0.15, -0.1) is 0 Å². The summed E-state index contributed by atoms with van der Waals surface area (Å²) in [7, 11) is 0. The highest BCUT2D eigenvalue weighted by Gasteiger charge is 2.32. The van der Waals surface area contributed by atoms with Gasteiger partial charge in [0.05, 0.1) is 6.54 Å². The Morgan fingerprint density at radius 3 is 2.58 bits per heavy atom. The van der Waals surface area contributed by atoms with E-state index in [0.29, 0.717) is 42.8 Å². The van der Waals surface area contributed by atoms with E-state index in [1.54, 1.807) is 0 Å². The van der Waals surface area contributed by atoms with Gasteiger partial charge in [-0.1, -0.05) is 41.6 Å². The standard InChI is InChI=1S/C23H24N4O4/c1-16-6-2-3-7-17(16)22-24-21(31-25-22)14-26-10-12-27(13-11-26)23(28)20-15-29-18-8-4-5-9-19(18)30-20/h2-9,20H,10-15H2,1H3. The molecule has 5 rings (SSSR count). The number of amides is 1. The first-order valence-corrected chi connectivity index (χ1v) is 10.5. The molecule has 1 unspecified atom stereocenters. The number of aryl methyl sites for hydroxylation is 1. The zero-order valence-corrected chi connectivity index (χ0v) is 17.4. The zero-order valence-electron chi connectivity index (χ0n) is 17.4. The van der Waals surface area contributed by atoms with Crippen LogP contribution in [0.4, 0.5) is 0 Å². The number of fused-ring (bicyclic) bond motifs is 1. The first kappa shape index (κ1) is 19.6. The van der Waals surface area contributed by atoms with Gasteiger partial charge in [-0.2, -0.15) is 4.98 Å². The van der Waals surface area contributed by atoms with Gasteiger partial charge in [0.1, 0.15) is 6.61 Å². The second kappa shape index (κ2) is 8.39. The van der Waals surface area contributed by atoms with E-state index in [2.05, 4.69) is 15.0 Å². The van der Waals surface area contributed by atoms with Crippen molar-refractivity contribution in [2.75, 3.05) is 32.8 Å². The van der Waals surface area contributed by atoms with Crippen molar-refractivity contribution in [1.82, 2.24) is 19.9 Å². The minimum atomic E-state index is -0.603. The molecule has 160 valence electrons. The molecule has 3 heterocycles. The lowest BCUT2D eigenvalue weighted by atomic mass is 10.1. The summed E-state index contributed by atoms with van der Waals surface area (Å²) in [6.07, 6.45) is -0.603. The highest BCUT2D eigenvalue weighted by atomic mass is 16.6. The van der Waals surface area contributed by atoms with Crippen LogP contribution in [0.3, 0.4) is 0 Å². The van der Waals surface area contributed by atoms with E-state index in [1.807, 2.05) is 60.4 Å². The molecule has 31 heavy (non-hydrogen) atoms. The van der Waals surface area contributed by atoms with Gasteiger partial charge in [-0.05, 0) is 24.6 Å². The Morgan fingerprint density at radius 2 is 1.77 bits per heavy atom. The molecule has 1 atom stereocenters. The van der Waals surface area contributed by atoms with Crippen molar-refractivity contribution in [2.45, 2.75) is 19.6 Å². The van der Waals surface area contributed by atoms with E-state index in [0.717, 1.165) is 24.2 Å². The van der Waals surface area contributed by atoms with E-state index < -0.39 is 6.10 Å². The molecule has 0 bridgehead atoms. The Morgan fingerprint density at radius 1 is 1.03 bits per heavy atom. The van der Waals surface area contributed by atoms with E-state index in [-0.39, 0.29) is 12.5 Å². The van der Waals surface area contributed by atoms with E-state index in [1.165, 1.54) is 0 Å². The van der Waals surface area contributed by atoms with E-state index in [4.69, 9.17) is 14.0 Å². The molecule has 8 heteroatoms. The Balaban J connectivity index is 1.15. The molecule has 2 aliphatic rings. The summed E-state index contributed by atoms with van der Waals surface area (Å²) in [5.41, 5.74) is 2.09. The van der Waals surface area contributed by atoms with Gasteiger partial charge in [0, 0.05) is 31.7 Å². The minimum Gasteiger partial charge on any atom is -0.485 e. The summed E-state index contributed by atoms with van der Waals surface area (Å²) in [5.74, 6) is 2.46. The predicted octanol–water partition coefficient (Wildman–Crippen LogP) is 2.53. The molecule has 2 aromatic carbocycles. The number of aromatic nitrogens is 2. The fourth-order valence-electron chi connectivity index (χ4n) is 3.91. The summed E-state index contributed by atoms with van der Waals surface area (Å²) >= 11 is 0. The summed E-state index contributed by atoms with van der Waals surface area (Å²) < 4.78 is 17.0. The van der Waals surface area contributed by atoms with Crippen molar-refractivity contribution in [3.05, 3.63) is 60.0 Å². The molecule has 3 aromatic rings. The lowest BCUT2D eigenvalue weighted by Crippen LogP contribution is -2.53. The number of piperazine rings is 1. The number of carbonyl (C=O) groups is 1. The van der Waals surface area contributed by atoms with Crippen LogP contribution in [0.25, 0.3) is 11.4 Å². The van der Waals surface area contributed by atoms with Gasteiger partial charge in [-0.25, -0.2) is 0 Å². The van der Waals surface area contributed by atoms with Gasteiger partial charge in [0.15, 0.2) is 11.5 Å². The average Bonchev–Trinajstić information content (AvgIpc) is 3.27. The molecule has 0 radical (unpaired) electrons. The van der Waals surface area contributed by atoms with Crippen LogP contribution in [0.5, 0.6) is 11.5 Å². The highest BCUT2D eigenvalue weighted by molar-refractivity contribution is 5.82. The number of ether oxygens (including phenoxy) is 2. The molecule has 0 saturated carbocycles. The Kier molecular flexibility index (Phi) is 5.30. The van der Waals surface area contributed by atoms with Gasteiger partial charge in [0.2, 0.25) is 17.8 Å². The number of carbonyl (C=O) groups excluding carboxylic acids is 1. The van der Waals surface area contributed by atoms with Gasteiger partial charge in [-0.3, -0.25) is 9.69 Å². The number of hydrogen-bond acceptors (Lipinski definition) is 7. The number of nitrogens with zero attached hydrogens (tertiary/aromatic N) is 4. The number of rotatable bonds is 4. The average molecular weight is 420 g/mol. The van der Waals surface area contributed by atoms with Gasteiger partial charge >= 0.3 is 0 Å². The first-order chi connectivity index (χ1) is 15.2. The molecule has 8 nitrogen and oxygen atoms in total. The third-order valence-electron chi connectivity index (χ3n) is 5.68. The van der Waals surface area contributed by atoms with E-state index in [9.17, 15) is 4.79 Å². The first-order valence-electron chi connectivity index (χ1n) is 10.5. The lowest BCUT2D eigenvalue weighted by Gasteiger charge is -2.36. The summed E-state index contributed by atoms with van der Waals surface area (Å²) in [6.45, 7) is 5.55. The van der Waals surface area contributed by atoms with Crippen molar-refractivity contribution in [3.8, 4) is 22.9 Å². The van der Waals surface area contributed by atoms with Crippen molar-refractivity contribution in [3.63, 3.8) is 0 Å². The smallest absolute Gasteiger partial charge is 0.267 e. The molecule has 1 amide bonds. The lowest BCUT2D eigenvalue weighted by molar-refractivity contribution is -0.143.